The standard InChI is InChI=1S/C17H22F2O4/c1-2-3-4-5-9-22-16(20)7-6-8-17(21)23-15-11-13(18)10-14(19)12-15/h10-12H,2-9H2,1H3. The number of hydrogen-bond donors (Lipinski definition) is 0. The van der Waals surface area contributed by atoms with Gasteiger partial charge in [0.2, 0.25) is 0 Å². The van der Waals surface area contributed by atoms with Crippen LogP contribution < -0.4 is 4.74 Å². The zero-order chi connectivity index (χ0) is 17.1. The Morgan fingerprint density at radius 3 is 2.22 bits per heavy atom. The molecule has 0 saturated heterocycles. The number of halogens is 2. The van der Waals surface area contributed by atoms with Crippen LogP contribution in [-0.4, -0.2) is 18.5 Å². The molecule has 0 aliphatic heterocycles. The Morgan fingerprint density at radius 1 is 0.913 bits per heavy atom. The summed E-state index contributed by atoms with van der Waals surface area (Å²) in [6.45, 7) is 2.50. The summed E-state index contributed by atoms with van der Waals surface area (Å²) in [6.07, 6.45) is 4.45. The van der Waals surface area contributed by atoms with Crippen molar-refractivity contribution in [2.24, 2.45) is 0 Å². The predicted octanol–water partition coefficient (Wildman–Crippen LogP) is 4.16. The molecular weight excluding hydrogens is 306 g/mol. The van der Waals surface area contributed by atoms with E-state index < -0.39 is 17.6 Å². The van der Waals surface area contributed by atoms with Gasteiger partial charge in [-0.2, -0.15) is 0 Å². The van der Waals surface area contributed by atoms with E-state index in [-0.39, 0.29) is 31.0 Å². The third-order valence-corrected chi connectivity index (χ3v) is 3.09. The summed E-state index contributed by atoms with van der Waals surface area (Å²) in [5.74, 6) is -2.83. The molecule has 0 atom stereocenters. The van der Waals surface area contributed by atoms with Crippen molar-refractivity contribution in [2.45, 2.75) is 51.9 Å². The molecule has 23 heavy (non-hydrogen) atoms. The largest absolute Gasteiger partial charge is 0.466 e. The fourth-order valence-electron chi connectivity index (χ4n) is 1.93. The molecule has 0 N–H and O–H groups in total. The third-order valence-electron chi connectivity index (χ3n) is 3.09. The van der Waals surface area contributed by atoms with Crippen LogP contribution in [0, 0.1) is 11.6 Å². The average Bonchev–Trinajstić information content (AvgIpc) is 2.45. The molecule has 0 spiro atoms. The summed E-state index contributed by atoms with van der Waals surface area (Å²) in [4.78, 5) is 23.0. The second-order valence-electron chi connectivity index (χ2n) is 5.21. The first kappa shape index (κ1) is 19.1. The van der Waals surface area contributed by atoms with Crippen molar-refractivity contribution in [3.8, 4) is 5.75 Å². The van der Waals surface area contributed by atoms with Crippen molar-refractivity contribution in [2.75, 3.05) is 6.61 Å². The Labute approximate surface area is 134 Å². The number of benzene rings is 1. The van der Waals surface area contributed by atoms with Gasteiger partial charge in [-0.05, 0) is 12.8 Å². The Balaban J connectivity index is 2.17. The van der Waals surface area contributed by atoms with Gasteiger partial charge in [0, 0.05) is 31.0 Å². The van der Waals surface area contributed by atoms with Gasteiger partial charge in [0.25, 0.3) is 0 Å². The highest BCUT2D eigenvalue weighted by molar-refractivity contribution is 5.74. The lowest BCUT2D eigenvalue weighted by Gasteiger charge is -2.06. The Hall–Kier alpha value is -1.98. The van der Waals surface area contributed by atoms with Crippen LogP contribution in [0.3, 0.4) is 0 Å². The van der Waals surface area contributed by atoms with Gasteiger partial charge < -0.3 is 9.47 Å². The second-order valence-corrected chi connectivity index (χ2v) is 5.21. The Kier molecular flexibility index (Phi) is 8.87. The number of hydrogen-bond acceptors (Lipinski definition) is 4. The van der Waals surface area contributed by atoms with E-state index in [1.165, 1.54) is 0 Å². The van der Waals surface area contributed by atoms with Crippen LogP contribution in [0.15, 0.2) is 18.2 Å². The number of ether oxygens (including phenoxy) is 2. The molecule has 0 bridgehead atoms. The van der Waals surface area contributed by atoms with Gasteiger partial charge in [-0.25, -0.2) is 8.78 Å². The van der Waals surface area contributed by atoms with Gasteiger partial charge in [0.05, 0.1) is 6.61 Å². The average molecular weight is 328 g/mol. The van der Waals surface area contributed by atoms with Gasteiger partial charge in [-0.1, -0.05) is 26.2 Å². The number of carbonyl (C=O) groups excluding carboxylic acids is 2. The van der Waals surface area contributed by atoms with Crippen LogP contribution >= 0.6 is 0 Å². The van der Waals surface area contributed by atoms with E-state index in [4.69, 9.17) is 9.47 Å². The maximum Gasteiger partial charge on any atom is 0.311 e. The van der Waals surface area contributed by atoms with Gasteiger partial charge >= 0.3 is 11.9 Å². The highest BCUT2D eigenvalue weighted by Crippen LogP contribution is 2.16. The van der Waals surface area contributed by atoms with Crippen molar-refractivity contribution in [3.05, 3.63) is 29.8 Å². The summed E-state index contributed by atoms with van der Waals surface area (Å²) in [7, 11) is 0. The molecule has 1 aromatic carbocycles. The summed E-state index contributed by atoms with van der Waals surface area (Å²) in [6, 6.07) is 2.53. The summed E-state index contributed by atoms with van der Waals surface area (Å²) in [5.41, 5.74) is 0. The van der Waals surface area contributed by atoms with Crippen molar-refractivity contribution in [1.82, 2.24) is 0 Å². The molecule has 0 heterocycles. The van der Waals surface area contributed by atoms with Crippen LogP contribution in [0.1, 0.15) is 51.9 Å². The van der Waals surface area contributed by atoms with Crippen LogP contribution in [-0.2, 0) is 14.3 Å². The minimum Gasteiger partial charge on any atom is -0.466 e. The van der Waals surface area contributed by atoms with E-state index in [2.05, 4.69) is 6.92 Å². The minimum absolute atomic E-state index is 0.0247. The fourth-order valence-corrected chi connectivity index (χ4v) is 1.93. The first-order valence-electron chi connectivity index (χ1n) is 7.83. The molecule has 0 aromatic heterocycles. The zero-order valence-electron chi connectivity index (χ0n) is 13.3. The molecule has 4 nitrogen and oxygen atoms in total. The highest BCUT2D eigenvalue weighted by atomic mass is 19.1. The van der Waals surface area contributed by atoms with E-state index in [1.54, 1.807) is 0 Å². The summed E-state index contributed by atoms with van der Waals surface area (Å²) < 4.78 is 35.7. The quantitative estimate of drug-likeness (QED) is 0.367. The molecule has 6 heteroatoms. The lowest BCUT2D eigenvalue weighted by molar-refractivity contribution is -0.144. The molecule has 0 amide bonds. The van der Waals surface area contributed by atoms with Gasteiger partial charge in [-0.3, -0.25) is 9.59 Å². The normalized spacial score (nSPS) is 10.4. The molecule has 1 aromatic rings. The summed E-state index contributed by atoms with van der Waals surface area (Å²) >= 11 is 0. The van der Waals surface area contributed by atoms with Gasteiger partial charge in [0.1, 0.15) is 17.4 Å². The first-order valence-corrected chi connectivity index (χ1v) is 7.83. The van der Waals surface area contributed by atoms with Gasteiger partial charge in [-0.15, -0.1) is 0 Å². The summed E-state index contributed by atoms with van der Waals surface area (Å²) in [5, 5.41) is 0. The lowest BCUT2D eigenvalue weighted by Crippen LogP contribution is -2.10. The topological polar surface area (TPSA) is 52.6 Å². The maximum atomic E-state index is 12.9. The van der Waals surface area contributed by atoms with Crippen LogP contribution in [0.5, 0.6) is 5.75 Å². The monoisotopic (exact) mass is 328 g/mol. The molecule has 0 saturated carbocycles. The first-order chi connectivity index (χ1) is 11.0. The number of rotatable bonds is 10. The van der Waals surface area contributed by atoms with Gasteiger partial charge in [0.15, 0.2) is 0 Å². The predicted molar refractivity (Wildman–Crippen MR) is 80.9 cm³/mol. The van der Waals surface area contributed by atoms with Crippen molar-refractivity contribution < 1.29 is 27.8 Å². The smallest absolute Gasteiger partial charge is 0.311 e. The number of unbranched alkanes of at least 4 members (excludes halogenated alkanes) is 3. The highest BCUT2D eigenvalue weighted by Gasteiger charge is 2.10. The van der Waals surface area contributed by atoms with E-state index in [1.807, 2.05) is 0 Å². The van der Waals surface area contributed by atoms with Crippen molar-refractivity contribution >= 4 is 11.9 Å². The maximum absolute atomic E-state index is 12.9. The SMILES string of the molecule is CCCCCCOC(=O)CCCC(=O)Oc1cc(F)cc(F)c1. The molecule has 0 aliphatic carbocycles. The molecule has 128 valence electrons. The molecule has 0 fully saturated rings. The fraction of sp³-hybridized carbons (Fsp3) is 0.529. The third kappa shape index (κ3) is 8.90. The zero-order valence-corrected chi connectivity index (χ0v) is 13.3. The number of carbonyl (C=O) groups is 2. The van der Waals surface area contributed by atoms with E-state index in [0.717, 1.165) is 37.8 Å². The molecule has 0 radical (unpaired) electrons. The van der Waals surface area contributed by atoms with Crippen LogP contribution in [0.4, 0.5) is 8.78 Å². The van der Waals surface area contributed by atoms with Crippen molar-refractivity contribution in [3.63, 3.8) is 0 Å². The van der Waals surface area contributed by atoms with E-state index in [9.17, 15) is 18.4 Å². The molecule has 0 aliphatic rings. The van der Waals surface area contributed by atoms with Crippen LogP contribution in [0.2, 0.25) is 0 Å². The van der Waals surface area contributed by atoms with E-state index >= 15 is 0 Å². The molecular formula is C17H22F2O4. The van der Waals surface area contributed by atoms with E-state index in [0.29, 0.717) is 12.7 Å². The second kappa shape index (κ2) is 10.7. The van der Waals surface area contributed by atoms with Crippen molar-refractivity contribution in [1.29, 1.82) is 0 Å². The molecule has 1 rings (SSSR count). The Bertz CT molecular complexity index is 497. The number of esters is 2. The minimum atomic E-state index is -0.820. The Morgan fingerprint density at radius 2 is 1.57 bits per heavy atom. The molecule has 0 unspecified atom stereocenters. The lowest BCUT2D eigenvalue weighted by atomic mass is 10.2. The van der Waals surface area contributed by atoms with Crippen LogP contribution in [0.25, 0.3) is 0 Å².